The summed E-state index contributed by atoms with van der Waals surface area (Å²) in [5.41, 5.74) is 0. The topological polar surface area (TPSA) is 55.8 Å². The summed E-state index contributed by atoms with van der Waals surface area (Å²) in [6.45, 7) is 4.39. The minimum atomic E-state index is -0.524. The molecule has 0 spiro atoms. The smallest absolute Gasteiger partial charge is 0.303 e. The van der Waals surface area contributed by atoms with Crippen molar-refractivity contribution in [2.24, 2.45) is 0 Å². The van der Waals surface area contributed by atoms with Gasteiger partial charge in [0.1, 0.15) is 6.10 Å². The van der Waals surface area contributed by atoms with Gasteiger partial charge in [0.25, 0.3) is 0 Å². The molecule has 24 heavy (non-hydrogen) atoms. The first kappa shape index (κ1) is 23.4. The van der Waals surface area contributed by atoms with Gasteiger partial charge >= 0.3 is 5.97 Å². The van der Waals surface area contributed by atoms with Crippen molar-refractivity contribution in [2.45, 2.75) is 103 Å². The van der Waals surface area contributed by atoms with E-state index < -0.39 is 6.10 Å². The number of carbonyl (C=O) groups is 1. The molecule has 4 nitrogen and oxygen atoms in total. The maximum absolute atomic E-state index is 10.8. The number of unbranched alkanes of at least 4 members (excludes halogenated alkanes) is 12. The Labute approximate surface area is 149 Å². The molecule has 0 aromatic heterocycles. The van der Waals surface area contributed by atoms with Crippen molar-refractivity contribution in [3.8, 4) is 0 Å². The highest BCUT2D eigenvalue weighted by molar-refractivity contribution is 5.66. The van der Waals surface area contributed by atoms with Gasteiger partial charge in [0.15, 0.2) is 0 Å². The van der Waals surface area contributed by atoms with Gasteiger partial charge in [0.05, 0.1) is 13.2 Å². The Hall–Kier alpha value is -0.610. The van der Waals surface area contributed by atoms with Crippen LogP contribution in [0.1, 0.15) is 97.3 Å². The predicted octanol–water partition coefficient (Wildman–Crippen LogP) is 5.02. The Morgan fingerprint density at radius 1 is 0.833 bits per heavy atom. The maximum atomic E-state index is 10.8. The van der Waals surface area contributed by atoms with Gasteiger partial charge in [-0.05, 0) is 6.42 Å². The number of carbonyl (C=O) groups excluding carboxylic acids is 1. The van der Waals surface area contributed by atoms with Crippen LogP contribution in [0.5, 0.6) is 0 Å². The SMILES string of the molecule is CCCCCCCCCCCCCCCOCC(CO)OC(C)=O. The van der Waals surface area contributed by atoms with Gasteiger partial charge in [-0.25, -0.2) is 0 Å². The number of aliphatic hydroxyl groups is 1. The van der Waals surface area contributed by atoms with E-state index in [4.69, 9.17) is 14.6 Å². The Balaban J connectivity index is 3.16. The molecule has 0 saturated heterocycles. The molecule has 0 aromatic carbocycles. The Morgan fingerprint density at radius 2 is 1.29 bits per heavy atom. The van der Waals surface area contributed by atoms with Crippen molar-refractivity contribution in [1.29, 1.82) is 0 Å². The molecule has 0 aliphatic carbocycles. The molecule has 0 aromatic rings. The first-order valence-electron chi connectivity index (χ1n) is 10.1. The van der Waals surface area contributed by atoms with Gasteiger partial charge in [-0.15, -0.1) is 0 Å². The molecule has 1 atom stereocenters. The Kier molecular flexibility index (Phi) is 18.2. The molecule has 0 amide bonds. The normalized spacial score (nSPS) is 12.3. The highest BCUT2D eigenvalue weighted by Gasteiger charge is 2.10. The summed E-state index contributed by atoms with van der Waals surface area (Å²) in [6, 6.07) is 0. The van der Waals surface area contributed by atoms with Gasteiger partial charge < -0.3 is 14.6 Å². The monoisotopic (exact) mass is 344 g/mol. The predicted molar refractivity (Wildman–Crippen MR) is 99.2 cm³/mol. The van der Waals surface area contributed by atoms with Crippen LogP contribution in [0.15, 0.2) is 0 Å². The summed E-state index contributed by atoms with van der Waals surface area (Å²) >= 11 is 0. The molecular weight excluding hydrogens is 304 g/mol. The first-order chi connectivity index (χ1) is 11.7. The molecule has 0 saturated carbocycles. The largest absolute Gasteiger partial charge is 0.458 e. The lowest BCUT2D eigenvalue weighted by Gasteiger charge is -2.14. The summed E-state index contributed by atoms with van der Waals surface area (Å²) < 4.78 is 10.4. The van der Waals surface area contributed by atoms with Crippen LogP contribution in [0.4, 0.5) is 0 Å². The molecule has 0 bridgehead atoms. The van der Waals surface area contributed by atoms with E-state index in [2.05, 4.69) is 6.92 Å². The zero-order chi connectivity index (χ0) is 17.9. The van der Waals surface area contributed by atoms with Gasteiger partial charge in [0, 0.05) is 13.5 Å². The molecule has 0 aliphatic heterocycles. The van der Waals surface area contributed by atoms with E-state index in [0.717, 1.165) is 6.42 Å². The molecule has 1 unspecified atom stereocenters. The second-order valence-electron chi connectivity index (χ2n) is 6.73. The Bertz CT molecular complexity index is 268. The molecular formula is C20H40O4. The fraction of sp³-hybridized carbons (Fsp3) is 0.950. The van der Waals surface area contributed by atoms with Crippen LogP contribution in [-0.4, -0.2) is 37.0 Å². The molecule has 0 radical (unpaired) electrons. The van der Waals surface area contributed by atoms with E-state index in [9.17, 15) is 4.79 Å². The fourth-order valence-corrected chi connectivity index (χ4v) is 2.80. The maximum Gasteiger partial charge on any atom is 0.303 e. The van der Waals surface area contributed by atoms with Crippen molar-refractivity contribution >= 4 is 5.97 Å². The summed E-state index contributed by atoms with van der Waals surface area (Å²) in [5, 5.41) is 9.03. The summed E-state index contributed by atoms with van der Waals surface area (Å²) in [4.78, 5) is 10.8. The molecule has 144 valence electrons. The number of hydrogen-bond donors (Lipinski definition) is 1. The van der Waals surface area contributed by atoms with Crippen LogP contribution in [0, 0.1) is 0 Å². The minimum Gasteiger partial charge on any atom is -0.458 e. The van der Waals surface area contributed by atoms with E-state index in [1.54, 1.807) is 0 Å². The lowest BCUT2D eigenvalue weighted by Crippen LogP contribution is -2.26. The third-order valence-electron chi connectivity index (χ3n) is 4.23. The van der Waals surface area contributed by atoms with Crippen LogP contribution in [0.3, 0.4) is 0 Å². The molecule has 0 fully saturated rings. The molecule has 4 heteroatoms. The van der Waals surface area contributed by atoms with Gasteiger partial charge in [0.2, 0.25) is 0 Å². The quantitative estimate of drug-likeness (QED) is 0.280. The Morgan fingerprint density at radius 3 is 1.71 bits per heavy atom. The van der Waals surface area contributed by atoms with Crippen LogP contribution >= 0.6 is 0 Å². The number of hydrogen-bond acceptors (Lipinski definition) is 4. The van der Waals surface area contributed by atoms with Crippen LogP contribution in [0.25, 0.3) is 0 Å². The van der Waals surface area contributed by atoms with Gasteiger partial charge in [-0.3, -0.25) is 4.79 Å². The molecule has 1 N–H and O–H groups in total. The fourth-order valence-electron chi connectivity index (χ4n) is 2.80. The minimum absolute atomic E-state index is 0.182. The molecule has 0 aliphatic rings. The highest BCUT2D eigenvalue weighted by Crippen LogP contribution is 2.12. The molecule has 0 rings (SSSR count). The van der Waals surface area contributed by atoms with Crippen molar-refractivity contribution in [3.63, 3.8) is 0 Å². The van der Waals surface area contributed by atoms with Crippen LogP contribution < -0.4 is 0 Å². The van der Waals surface area contributed by atoms with Crippen LogP contribution in [0.2, 0.25) is 0 Å². The van der Waals surface area contributed by atoms with E-state index in [1.165, 1.54) is 84.0 Å². The summed E-state index contributed by atoms with van der Waals surface area (Å²) in [6.07, 6.45) is 16.8. The second kappa shape index (κ2) is 18.7. The number of rotatable bonds is 18. The average molecular weight is 345 g/mol. The van der Waals surface area contributed by atoms with Gasteiger partial charge in [-0.2, -0.15) is 0 Å². The number of aliphatic hydroxyl groups excluding tert-OH is 1. The third kappa shape index (κ3) is 17.7. The highest BCUT2D eigenvalue weighted by atomic mass is 16.6. The average Bonchev–Trinajstić information content (AvgIpc) is 2.56. The zero-order valence-corrected chi connectivity index (χ0v) is 16.1. The van der Waals surface area contributed by atoms with Crippen molar-refractivity contribution < 1.29 is 19.4 Å². The van der Waals surface area contributed by atoms with Crippen molar-refractivity contribution in [3.05, 3.63) is 0 Å². The van der Waals surface area contributed by atoms with Crippen LogP contribution in [-0.2, 0) is 14.3 Å². The standard InChI is InChI=1S/C20H40O4/c1-3-4-5-6-7-8-9-10-11-12-13-14-15-16-23-18-20(17-21)24-19(2)22/h20-21H,3-18H2,1-2H3. The second-order valence-corrected chi connectivity index (χ2v) is 6.73. The van der Waals surface area contributed by atoms with E-state index in [1.807, 2.05) is 0 Å². The van der Waals surface area contributed by atoms with E-state index in [0.29, 0.717) is 6.61 Å². The zero-order valence-electron chi connectivity index (χ0n) is 16.1. The third-order valence-corrected chi connectivity index (χ3v) is 4.23. The van der Waals surface area contributed by atoms with Crippen molar-refractivity contribution in [1.82, 2.24) is 0 Å². The molecule has 0 heterocycles. The number of ether oxygens (including phenoxy) is 2. The first-order valence-corrected chi connectivity index (χ1v) is 10.1. The summed E-state index contributed by atoms with van der Waals surface area (Å²) in [5.74, 6) is -0.376. The van der Waals surface area contributed by atoms with Crippen molar-refractivity contribution in [2.75, 3.05) is 19.8 Å². The summed E-state index contributed by atoms with van der Waals surface area (Å²) in [7, 11) is 0. The number of esters is 1. The van der Waals surface area contributed by atoms with E-state index in [-0.39, 0.29) is 19.2 Å². The van der Waals surface area contributed by atoms with Gasteiger partial charge in [-0.1, -0.05) is 84.0 Å². The lowest BCUT2D eigenvalue weighted by atomic mass is 10.0. The van der Waals surface area contributed by atoms with E-state index >= 15 is 0 Å². The lowest BCUT2D eigenvalue weighted by molar-refractivity contribution is -0.152.